The first-order valence-corrected chi connectivity index (χ1v) is 7.08. The Morgan fingerprint density at radius 2 is 2.17 bits per heavy atom. The fourth-order valence-corrected chi connectivity index (χ4v) is 2.33. The van der Waals surface area contributed by atoms with Gasteiger partial charge in [0.05, 0.1) is 25.3 Å². The molecule has 0 radical (unpaired) electrons. The van der Waals surface area contributed by atoms with E-state index in [0.29, 0.717) is 11.3 Å². The molecule has 1 aromatic carbocycles. The minimum absolute atomic E-state index is 0.147. The number of benzene rings is 1. The number of hydrogen-bond donors (Lipinski definition) is 1. The summed E-state index contributed by atoms with van der Waals surface area (Å²) in [4.78, 5) is 22.9. The Bertz CT molecular complexity index is 731. The lowest BCUT2D eigenvalue weighted by molar-refractivity contribution is -0.135. The Kier molecular flexibility index (Phi) is 5.47. The van der Waals surface area contributed by atoms with E-state index < -0.39 is 17.7 Å². The molecule has 0 atom stereocenters. The zero-order valence-corrected chi connectivity index (χ0v) is 13.0. The van der Waals surface area contributed by atoms with Gasteiger partial charge in [0.15, 0.2) is 5.17 Å². The highest BCUT2D eigenvalue weighted by atomic mass is 32.2. The van der Waals surface area contributed by atoms with E-state index in [0.717, 1.165) is 17.8 Å². The molecule has 9 heteroatoms. The lowest BCUT2D eigenvalue weighted by Gasteiger charge is -2.02. The number of nitrogens with one attached hydrogen (secondary N) is 1. The maximum atomic E-state index is 13.2. The summed E-state index contributed by atoms with van der Waals surface area (Å²) < 4.78 is 22.7. The van der Waals surface area contributed by atoms with Crippen molar-refractivity contribution < 1.29 is 23.5 Å². The molecule has 0 spiro atoms. The Hall–Kier alpha value is -2.68. The molecule has 120 valence electrons. The van der Waals surface area contributed by atoms with Crippen LogP contribution in [0.4, 0.5) is 4.39 Å². The molecule has 2 rings (SSSR count). The smallest absolute Gasteiger partial charge is 0.331 e. The summed E-state index contributed by atoms with van der Waals surface area (Å²) in [6.07, 6.45) is 2.35. The quantitative estimate of drug-likeness (QED) is 0.389. The van der Waals surface area contributed by atoms with Crippen LogP contribution in [0.15, 0.2) is 39.4 Å². The average Bonchev–Trinajstić information content (AvgIpc) is 2.87. The molecule has 0 aliphatic carbocycles. The second-order valence-electron chi connectivity index (χ2n) is 4.12. The van der Waals surface area contributed by atoms with Gasteiger partial charge in [-0.2, -0.15) is 5.10 Å². The van der Waals surface area contributed by atoms with Crippen molar-refractivity contribution in [2.75, 3.05) is 14.2 Å². The summed E-state index contributed by atoms with van der Waals surface area (Å²) in [6, 6.07) is 3.97. The number of nitrogens with zero attached hydrogens (tertiary/aromatic N) is 2. The van der Waals surface area contributed by atoms with E-state index in [2.05, 4.69) is 20.3 Å². The molecule has 0 saturated carbocycles. The standard InChI is InChI=1S/C14H12FN3O4S/c1-21-10-4-3-9(15)5-8(10)7-16-18-14-17-13(20)11(23-14)6-12(19)22-2/h3-7H,1-2H3,(H,17,18,20)/b11-6+,16-7?. The van der Waals surface area contributed by atoms with E-state index in [1.807, 2.05) is 0 Å². The molecule has 1 amide bonds. The molecule has 0 unspecified atom stereocenters. The van der Waals surface area contributed by atoms with Crippen molar-refractivity contribution in [3.63, 3.8) is 0 Å². The summed E-state index contributed by atoms with van der Waals surface area (Å²) in [5.41, 5.74) is 0.400. The van der Waals surface area contributed by atoms with Crippen LogP contribution in [-0.2, 0) is 14.3 Å². The number of thioether (sulfide) groups is 1. The highest BCUT2D eigenvalue weighted by Gasteiger charge is 2.24. The van der Waals surface area contributed by atoms with Crippen LogP contribution >= 0.6 is 11.8 Å². The second-order valence-corrected chi connectivity index (χ2v) is 5.15. The molecule has 7 nitrogen and oxygen atoms in total. The van der Waals surface area contributed by atoms with Gasteiger partial charge in [-0.25, -0.2) is 9.18 Å². The zero-order valence-electron chi connectivity index (χ0n) is 12.2. The first-order valence-electron chi connectivity index (χ1n) is 6.27. The van der Waals surface area contributed by atoms with Gasteiger partial charge in [-0.1, -0.05) is 0 Å². The molecule has 0 aromatic heterocycles. The SMILES string of the molecule is COC(=O)/C=C1/S/C(=N\N=Cc2cc(F)ccc2OC)NC1=O. The van der Waals surface area contributed by atoms with E-state index in [4.69, 9.17) is 4.74 Å². The normalized spacial score (nSPS) is 17.8. The summed E-state index contributed by atoms with van der Waals surface area (Å²) in [5.74, 6) is -1.12. The lowest BCUT2D eigenvalue weighted by Crippen LogP contribution is -2.19. The third kappa shape index (κ3) is 4.39. The van der Waals surface area contributed by atoms with Crippen molar-refractivity contribution in [1.82, 2.24) is 5.32 Å². The van der Waals surface area contributed by atoms with Crippen LogP contribution in [0, 0.1) is 5.82 Å². The molecule has 1 fully saturated rings. The van der Waals surface area contributed by atoms with E-state index in [1.54, 1.807) is 0 Å². The van der Waals surface area contributed by atoms with Crippen LogP contribution in [-0.4, -0.2) is 37.5 Å². The predicted molar refractivity (Wildman–Crippen MR) is 83.8 cm³/mol. The van der Waals surface area contributed by atoms with Crippen LogP contribution < -0.4 is 10.1 Å². The monoisotopic (exact) mass is 337 g/mol. The minimum Gasteiger partial charge on any atom is -0.496 e. The Labute approximate surface area is 135 Å². The Balaban J connectivity index is 2.12. The van der Waals surface area contributed by atoms with E-state index in [-0.39, 0.29) is 10.1 Å². The van der Waals surface area contributed by atoms with Gasteiger partial charge in [0.1, 0.15) is 11.6 Å². The largest absolute Gasteiger partial charge is 0.496 e. The number of amidine groups is 1. The van der Waals surface area contributed by atoms with Crippen LogP contribution in [0.1, 0.15) is 5.56 Å². The number of methoxy groups -OCH3 is 2. The minimum atomic E-state index is -0.642. The molecule has 1 aliphatic heterocycles. The number of esters is 1. The lowest BCUT2D eigenvalue weighted by atomic mass is 10.2. The van der Waals surface area contributed by atoms with Gasteiger partial charge in [0.2, 0.25) is 0 Å². The molecule has 1 heterocycles. The fourth-order valence-electron chi connectivity index (χ4n) is 1.59. The topological polar surface area (TPSA) is 89.3 Å². The van der Waals surface area contributed by atoms with Crippen LogP contribution in [0.5, 0.6) is 5.75 Å². The number of amides is 1. The van der Waals surface area contributed by atoms with Crippen molar-refractivity contribution in [3.8, 4) is 5.75 Å². The first kappa shape index (κ1) is 16.7. The van der Waals surface area contributed by atoms with E-state index in [9.17, 15) is 14.0 Å². The van der Waals surface area contributed by atoms with Crippen molar-refractivity contribution in [2.24, 2.45) is 10.2 Å². The summed E-state index contributed by atoms with van der Waals surface area (Å²) in [6.45, 7) is 0. The van der Waals surface area contributed by atoms with Gasteiger partial charge in [0, 0.05) is 11.6 Å². The van der Waals surface area contributed by atoms with Gasteiger partial charge < -0.3 is 9.47 Å². The van der Waals surface area contributed by atoms with Gasteiger partial charge in [0.25, 0.3) is 5.91 Å². The van der Waals surface area contributed by atoms with Gasteiger partial charge >= 0.3 is 5.97 Å². The summed E-state index contributed by atoms with van der Waals surface area (Å²) >= 11 is 0.941. The number of ether oxygens (including phenoxy) is 2. The fraction of sp³-hybridized carbons (Fsp3) is 0.143. The maximum Gasteiger partial charge on any atom is 0.331 e. The highest BCUT2D eigenvalue weighted by Crippen LogP contribution is 2.23. The van der Waals surface area contributed by atoms with Gasteiger partial charge in [-0.3, -0.25) is 10.1 Å². The highest BCUT2D eigenvalue weighted by molar-refractivity contribution is 8.18. The Morgan fingerprint density at radius 3 is 2.87 bits per heavy atom. The maximum absolute atomic E-state index is 13.2. The van der Waals surface area contributed by atoms with Crippen LogP contribution in [0.3, 0.4) is 0 Å². The molecule has 0 bridgehead atoms. The van der Waals surface area contributed by atoms with Crippen molar-refractivity contribution >= 4 is 35.0 Å². The molecular weight excluding hydrogens is 325 g/mol. The number of carbonyl (C=O) groups excluding carboxylic acids is 2. The predicted octanol–water partition coefficient (Wildman–Crippen LogP) is 1.44. The van der Waals surface area contributed by atoms with Crippen molar-refractivity contribution in [3.05, 3.63) is 40.6 Å². The Morgan fingerprint density at radius 1 is 1.39 bits per heavy atom. The molecular formula is C14H12FN3O4S. The molecule has 1 N–H and O–H groups in total. The van der Waals surface area contributed by atoms with E-state index in [1.165, 1.54) is 38.6 Å². The second kappa shape index (κ2) is 7.54. The first-order chi connectivity index (χ1) is 11.0. The molecule has 1 aromatic rings. The molecule has 1 aliphatic rings. The van der Waals surface area contributed by atoms with Crippen molar-refractivity contribution in [2.45, 2.75) is 0 Å². The summed E-state index contributed by atoms with van der Waals surface area (Å²) in [7, 11) is 2.66. The number of carbonyl (C=O) groups is 2. The third-order valence-corrected chi connectivity index (χ3v) is 3.54. The summed E-state index contributed by atoms with van der Waals surface area (Å²) in [5, 5.41) is 10.2. The molecule has 1 saturated heterocycles. The zero-order chi connectivity index (χ0) is 16.8. The van der Waals surface area contributed by atoms with E-state index >= 15 is 0 Å². The number of rotatable bonds is 4. The molecule has 23 heavy (non-hydrogen) atoms. The van der Waals surface area contributed by atoms with Gasteiger partial charge in [-0.05, 0) is 30.0 Å². The van der Waals surface area contributed by atoms with Crippen LogP contribution in [0.2, 0.25) is 0 Å². The number of hydrogen-bond acceptors (Lipinski definition) is 7. The van der Waals surface area contributed by atoms with Gasteiger partial charge in [-0.15, -0.1) is 5.10 Å². The van der Waals surface area contributed by atoms with Crippen LogP contribution in [0.25, 0.3) is 0 Å². The van der Waals surface area contributed by atoms with Crippen molar-refractivity contribution in [1.29, 1.82) is 0 Å². The average molecular weight is 337 g/mol. The number of halogens is 1. The third-order valence-electron chi connectivity index (χ3n) is 2.64.